The molecule has 176 valence electrons. The summed E-state index contributed by atoms with van der Waals surface area (Å²) in [5.41, 5.74) is 3.50. The molecule has 0 bridgehead atoms. The van der Waals surface area contributed by atoms with Crippen LogP contribution < -0.4 is 10.9 Å². The molecule has 3 aromatic rings. The van der Waals surface area contributed by atoms with Crippen LogP contribution in [0.2, 0.25) is 0 Å². The smallest absolute Gasteiger partial charge is 0.263 e. The van der Waals surface area contributed by atoms with Gasteiger partial charge in [-0.15, -0.1) is 11.3 Å². The van der Waals surface area contributed by atoms with Crippen LogP contribution in [0.4, 0.5) is 0 Å². The molecule has 0 aliphatic heterocycles. The molecule has 0 unspecified atom stereocenters. The molecule has 2 heterocycles. The molecular weight excluding hydrogens is 454 g/mol. The van der Waals surface area contributed by atoms with Crippen molar-refractivity contribution in [1.82, 2.24) is 14.9 Å². The van der Waals surface area contributed by atoms with Crippen LogP contribution in [0, 0.1) is 6.92 Å². The van der Waals surface area contributed by atoms with Gasteiger partial charge in [-0.1, -0.05) is 48.5 Å². The van der Waals surface area contributed by atoms with Crippen LogP contribution in [0.1, 0.15) is 53.8 Å². The average Bonchev–Trinajstić information content (AvgIpc) is 3.39. The topological polar surface area (TPSA) is 73.2 Å². The fraction of sp³-hybridized carbons (Fsp3) is 0.480. The van der Waals surface area contributed by atoms with Gasteiger partial charge in [0.05, 0.1) is 17.2 Å². The van der Waals surface area contributed by atoms with Crippen LogP contribution in [-0.2, 0) is 28.9 Å². The highest BCUT2D eigenvalue weighted by Gasteiger charge is 2.23. The van der Waals surface area contributed by atoms with E-state index in [9.17, 15) is 9.59 Å². The van der Waals surface area contributed by atoms with Crippen molar-refractivity contribution >= 4 is 39.2 Å². The minimum Gasteiger partial charge on any atom is -0.385 e. The first kappa shape index (κ1) is 24.0. The minimum absolute atomic E-state index is 0.0181. The monoisotopic (exact) mass is 485 g/mol. The van der Waals surface area contributed by atoms with Crippen LogP contribution >= 0.6 is 23.1 Å². The van der Waals surface area contributed by atoms with Crippen molar-refractivity contribution in [3.05, 3.63) is 56.2 Å². The second-order valence-electron chi connectivity index (χ2n) is 8.46. The molecule has 2 aromatic heterocycles. The molecule has 8 heteroatoms. The van der Waals surface area contributed by atoms with Gasteiger partial charge in [0.15, 0.2) is 5.16 Å². The summed E-state index contributed by atoms with van der Waals surface area (Å²) in [5.74, 6) is 0.161. The number of thioether (sulfide) groups is 1. The molecule has 1 aromatic carbocycles. The molecule has 1 atom stereocenters. The van der Waals surface area contributed by atoms with Crippen molar-refractivity contribution in [3.8, 4) is 0 Å². The molecular formula is C25H31N3O3S2. The third kappa shape index (κ3) is 5.34. The average molecular weight is 486 g/mol. The summed E-state index contributed by atoms with van der Waals surface area (Å²) in [6.07, 6.45) is 4.63. The van der Waals surface area contributed by atoms with Crippen LogP contribution in [0.25, 0.3) is 10.2 Å². The van der Waals surface area contributed by atoms with Gasteiger partial charge in [-0.2, -0.15) is 0 Å². The lowest BCUT2D eigenvalue weighted by atomic mass is 10.0. The zero-order valence-electron chi connectivity index (χ0n) is 19.5. The molecule has 1 aliphatic carbocycles. The molecule has 33 heavy (non-hydrogen) atoms. The summed E-state index contributed by atoms with van der Waals surface area (Å²) in [6.45, 7) is 5.23. The lowest BCUT2D eigenvalue weighted by Gasteiger charge is -2.18. The summed E-state index contributed by atoms with van der Waals surface area (Å²) in [4.78, 5) is 33.2. The quantitative estimate of drug-likeness (QED) is 0.257. The fourth-order valence-corrected chi connectivity index (χ4v) is 6.46. The van der Waals surface area contributed by atoms with Gasteiger partial charge < -0.3 is 10.1 Å². The first-order chi connectivity index (χ1) is 16.0. The maximum atomic E-state index is 13.4. The van der Waals surface area contributed by atoms with Crippen LogP contribution in [0.3, 0.4) is 0 Å². The molecule has 0 saturated carbocycles. The van der Waals surface area contributed by atoms with Crippen molar-refractivity contribution in [3.63, 3.8) is 0 Å². The van der Waals surface area contributed by atoms with Crippen molar-refractivity contribution in [2.75, 3.05) is 19.5 Å². The summed E-state index contributed by atoms with van der Waals surface area (Å²) < 4.78 is 6.93. The van der Waals surface area contributed by atoms with Gasteiger partial charge in [-0.25, -0.2) is 4.98 Å². The Hall–Kier alpha value is -2.16. The summed E-state index contributed by atoms with van der Waals surface area (Å²) >= 11 is 2.97. The number of carbonyl (C=O) groups excluding carboxylic acids is 1. The number of fused-ring (bicyclic) bond motifs is 3. The Morgan fingerprint density at radius 1 is 1.30 bits per heavy atom. The molecule has 4 rings (SSSR count). The van der Waals surface area contributed by atoms with Gasteiger partial charge in [0.1, 0.15) is 4.83 Å². The van der Waals surface area contributed by atoms with E-state index in [0.717, 1.165) is 47.9 Å². The van der Waals surface area contributed by atoms with E-state index in [1.165, 1.54) is 27.8 Å². The molecule has 0 saturated heterocycles. The normalized spacial score (nSPS) is 13.9. The number of benzene rings is 1. The largest absolute Gasteiger partial charge is 0.385 e. The Morgan fingerprint density at radius 2 is 2.09 bits per heavy atom. The first-order valence-corrected chi connectivity index (χ1v) is 13.3. The second-order valence-corrected chi connectivity index (χ2v) is 10.5. The zero-order chi connectivity index (χ0) is 23.4. The van der Waals surface area contributed by atoms with Crippen molar-refractivity contribution < 1.29 is 9.53 Å². The molecule has 6 nitrogen and oxygen atoms in total. The summed E-state index contributed by atoms with van der Waals surface area (Å²) in [6, 6.07) is 8.23. The number of methoxy groups -OCH3 is 1. The lowest BCUT2D eigenvalue weighted by Crippen LogP contribution is -2.30. The molecule has 1 aliphatic rings. The molecule has 0 fully saturated rings. The van der Waals surface area contributed by atoms with E-state index in [4.69, 9.17) is 9.72 Å². The number of ether oxygens (including phenoxy) is 1. The van der Waals surface area contributed by atoms with E-state index >= 15 is 0 Å². The van der Waals surface area contributed by atoms with Gasteiger partial charge >= 0.3 is 0 Å². The van der Waals surface area contributed by atoms with E-state index in [2.05, 4.69) is 43.4 Å². The van der Waals surface area contributed by atoms with Gasteiger partial charge in [-0.3, -0.25) is 14.2 Å². The Balaban J connectivity index is 1.53. The standard InChI is InChI=1S/C25H31N3O3S2/c1-4-19(17-11-9-16(2)10-12-17)26-21(29)15-32-25-27-23-22(18-7-5-8-20(18)33-23)24(30)28(25)13-6-14-31-3/h9-12,19H,4-8,13-15H2,1-3H3,(H,26,29)/t19-/m0/s1. The number of aromatic nitrogens is 2. The highest BCUT2D eigenvalue weighted by molar-refractivity contribution is 7.99. The SMILES string of the molecule is CC[C@H](NC(=O)CSc1nc2sc3c(c2c(=O)n1CCCOC)CCC3)c1ccc(C)cc1. The van der Waals surface area contributed by atoms with E-state index in [0.29, 0.717) is 18.3 Å². The van der Waals surface area contributed by atoms with E-state index in [1.807, 2.05) is 0 Å². The third-order valence-electron chi connectivity index (χ3n) is 6.08. The predicted octanol–water partition coefficient (Wildman–Crippen LogP) is 4.65. The Kier molecular flexibility index (Phi) is 7.88. The number of nitrogens with one attached hydrogen (secondary N) is 1. The number of hydrogen-bond donors (Lipinski definition) is 1. The van der Waals surface area contributed by atoms with Gasteiger partial charge in [0.2, 0.25) is 5.91 Å². The van der Waals surface area contributed by atoms with E-state index in [1.54, 1.807) is 23.0 Å². The van der Waals surface area contributed by atoms with Crippen molar-refractivity contribution in [2.45, 2.75) is 63.7 Å². The van der Waals surface area contributed by atoms with Gasteiger partial charge in [0, 0.05) is 25.1 Å². The van der Waals surface area contributed by atoms with Crippen LogP contribution in [0.5, 0.6) is 0 Å². The Bertz CT molecular complexity index is 1180. The number of rotatable bonds is 10. The van der Waals surface area contributed by atoms with Gasteiger partial charge in [-0.05, 0) is 50.2 Å². The number of hydrogen-bond acceptors (Lipinski definition) is 6. The third-order valence-corrected chi connectivity index (χ3v) is 8.24. The number of aryl methyl sites for hydroxylation is 3. The molecule has 1 amide bonds. The number of amides is 1. The predicted molar refractivity (Wildman–Crippen MR) is 135 cm³/mol. The number of nitrogens with zero attached hydrogens (tertiary/aromatic N) is 2. The van der Waals surface area contributed by atoms with Crippen LogP contribution in [-0.4, -0.2) is 34.9 Å². The summed E-state index contributed by atoms with van der Waals surface area (Å²) in [7, 11) is 1.66. The Morgan fingerprint density at radius 3 is 2.82 bits per heavy atom. The lowest BCUT2D eigenvalue weighted by molar-refractivity contribution is -0.119. The molecule has 1 N–H and O–H groups in total. The minimum atomic E-state index is -0.0566. The van der Waals surface area contributed by atoms with Gasteiger partial charge in [0.25, 0.3) is 5.56 Å². The molecule has 0 radical (unpaired) electrons. The first-order valence-electron chi connectivity index (χ1n) is 11.5. The maximum absolute atomic E-state index is 13.4. The molecule has 0 spiro atoms. The number of carbonyl (C=O) groups is 1. The number of thiophene rings is 1. The maximum Gasteiger partial charge on any atom is 0.263 e. The van der Waals surface area contributed by atoms with E-state index < -0.39 is 0 Å². The van der Waals surface area contributed by atoms with Crippen molar-refractivity contribution in [1.29, 1.82) is 0 Å². The van der Waals surface area contributed by atoms with Crippen molar-refractivity contribution in [2.24, 2.45) is 0 Å². The van der Waals surface area contributed by atoms with E-state index in [-0.39, 0.29) is 23.3 Å². The highest BCUT2D eigenvalue weighted by Crippen LogP contribution is 2.35. The van der Waals surface area contributed by atoms with Crippen LogP contribution in [0.15, 0.2) is 34.2 Å². The second kappa shape index (κ2) is 10.8. The Labute approximate surface area is 202 Å². The zero-order valence-corrected chi connectivity index (χ0v) is 21.1. The fourth-order valence-electron chi connectivity index (χ4n) is 4.32. The highest BCUT2D eigenvalue weighted by atomic mass is 32.2. The summed E-state index contributed by atoms with van der Waals surface area (Å²) in [5, 5.41) is 4.53.